The van der Waals surface area contributed by atoms with Crippen LogP contribution < -0.4 is 5.32 Å². The van der Waals surface area contributed by atoms with Crippen LogP contribution in [-0.2, 0) is 21.6 Å². The fourth-order valence-electron chi connectivity index (χ4n) is 2.09. The second kappa shape index (κ2) is 7.00. The molecule has 1 aliphatic rings. The molecule has 1 amide bonds. The van der Waals surface area contributed by atoms with Gasteiger partial charge in [-0.15, -0.1) is 5.10 Å². The number of carbonyl (C=O) groups excluding carboxylic acids is 1. The molecule has 0 saturated carbocycles. The number of hydrogen-bond acceptors (Lipinski definition) is 5. The number of rotatable bonds is 5. The molecule has 0 radical (unpaired) electrons. The van der Waals surface area contributed by atoms with Crippen LogP contribution in [-0.4, -0.2) is 58.6 Å². The predicted molar refractivity (Wildman–Crippen MR) is 78.7 cm³/mol. The van der Waals surface area contributed by atoms with Gasteiger partial charge < -0.3 is 15.0 Å². The number of nitrogens with one attached hydrogen (secondary N) is 1. The maximum atomic E-state index is 11.9. The maximum Gasteiger partial charge on any atom is 0.224 e. The molecule has 1 aromatic heterocycles. The number of morpholine rings is 1. The summed E-state index contributed by atoms with van der Waals surface area (Å²) in [5.41, 5.74) is 0.834. The summed E-state index contributed by atoms with van der Waals surface area (Å²) in [6.45, 7) is 10.2. The molecule has 0 bridgehead atoms. The Hall–Kier alpha value is -1.47. The Kier molecular flexibility index (Phi) is 5.30. The summed E-state index contributed by atoms with van der Waals surface area (Å²) in [4.78, 5) is 13.8. The molecule has 0 spiro atoms. The van der Waals surface area contributed by atoms with E-state index in [0.29, 0.717) is 45.8 Å². The predicted octanol–water partition coefficient (Wildman–Crippen LogP) is 0.372. The van der Waals surface area contributed by atoms with Crippen molar-refractivity contribution >= 4 is 5.91 Å². The van der Waals surface area contributed by atoms with Gasteiger partial charge in [0.25, 0.3) is 0 Å². The van der Waals surface area contributed by atoms with Gasteiger partial charge in [0.1, 0.15) is 0 Å². The molecule has 1 aromatic rings. The molecule has 0 unspecified atom stereocenters. The molecule has 7 nitrogen and oxygen atoms in total. The van der Waals surface area contributed by atoms with Crippen molar-refractivity contribution in [2.75, 3.05) is 32.8 Å². The van der Waals surface area contributed by atoms with Crippen LogP contribution in [0.1, 0.15) is 32.9 Å². The van der Waals surface area contributed by atoms with E-state index < -0.39 is 0 Å². The Bertz CT molecular complexity index is 460. The smallest absolute Gasteiger partial charge is 0.224 e. The lowest BCUT2D eigenvalue weighted by Gasteiger charge is -2.26. The number of carbonyl (C=O) groups is 1. The lowest BCUT2D eigenvalue weighted by atomic mass is 10.1. The van der Waals surface area contributed by atoms with E-state index in [-0.39, 0.29) is 11.4 Å². The minimum absolute atomic E-state index is 0.0580. The molecule has 0 aliphatic carbocycles. The van der Waals surface area contributed by atoms with Crippen molar-refractivity contribution in [3.63, 3.8) is 0 Å². The summed E-state index contributed by atoms with van der Waals surface area (Å²) < 4.78 is 7.09. The third-order valence-electron chi connectivity index (χ3n) is 3.41. The molecule has 1 aliphatic heterocycles. The van der Waals surface area contributed by atoms with Crippen molar-refractivity contribution in [2.24, 2.45) is 0 Å². The minimum Gasteiger partial charge on any atom is -0.378 e. The highest BCUT2D eigenvalue weighted by molar-refractivity contribution is 5.76. The third-order valence-corrected chi connectivity index (χ3v) is 3.41. The van der Waals surface area contributed by atoms with Crippen molar-refractivity contribution < 1.29 is 9.53 Å². The monoisotopic (exact) mass is 295 g/mol. The van der Waals surface area contributed by atoms with Gasteiger partial charge in [0.05, 0.1) is 30.6 Å². The quantitative estimate of drug-likeness (QED) is 0.795. The topological polar surface area (TPSA) is 72.3 Å². The van der Waals surface area contributed by atoms with Crippen LogP contribution in [0.25, 0.3) is 0 Å². The van der Waals surface area contributed by atoms with Gasteiger partial charge in [0.15, 0.2) is 0 Å². The molecule has 2 rings (SSSR count). The fraction of sp³-hybridized carbons (Fsp3) is 0.786. The van der Waals surface area contributed by atoms with Gasteiger partial charge in [0.2, 0.25) is 5.91 Å². The van der Waals surface area contributed by atoms with Gasteiger partial charge in [-0.25, -0.2) is 4.68 Å². The Morgan fingerprint density at radius 3 is 2.71 bits per heavy atom. The first kappa shape index (κ1) is 15.9. The van der Waals surface area contributed by atoms with E-state index in [1.54, 1.807) is 0 Å². The van der Waals surface area contributed by atoms with Gasteiger partial charge in [-0.05, 0) is 20.8 Å². The highest BCUT2D eigenvalue weighted by Crippen LogP contribution is 2.11. The van der Waals surface area contributed by atoms with Crippen LogP contribution in [0.15, 0.2) is 6.20 Å². The van der Waals surface area contributed by atoms with Gasteiger partial charge >= 0.3 is 0 Å². The third kappa shape index (κ3) is 4.78. The van der Waals surface area contributed by atoms with Crippen LogP contribution in [0.5, 0.6) is 0 Å². The number of amides is 1. The summed E-state index contributed by atoms with van der Waals surface area (Å²) in [6, 6.07) is 0. The molecule has 7 heteroatoms. The molecule has 2 heterocycles. The highest BCUT2D eigenvalue weighted by Gasteiger charge is 2.17. The Balaban J connectivity index is 1.67. The average molecular weight is 295 g/mol. The minimum atomic E-state index is -0.0580. The standard InChI is InChI=1S/C14H25N5O2/c1-14(2,3)19-11-12(16-17-19)10-15-5-4-13(20)18-6-8-21-9-7-18/h11,15H,4-10H2,1-3H3. The Morgan fingerprint density at radius 1 is 1.38 bits per heavy atom. The number of nitrogens with zero attached hydrogens (tertiary/aromatic N) is 4. The molecule has 1 fully saturated rings. The summed E-state index contributed by atoms with van der Waals surface area (Å²) >= 11 is 0. The van der Waals surface area contributed by atoms with E-state index in [1.807, 2.05) is 15.8 Å². The van der Waals surface area contributed by atoms with Gasteiger partial charge in [0, 0.05) is 32.6 Å². The molecular weight excluding hydrogens is 270 g/mol. The molecule has 1 N–H and O–H groups in total. The molecule has 0 atom stereocenters. The van der Waals surface area contributed by atoms with Gasteiger partial charge in [-0.2, -0.15) is 0 Å². The number of aromatic nitrogens is 3. The second-order valence-corrected chi connectivity index (χ2v) is 6.25. The summed E-state index contributed by atoms with van der Waals surface area (Å²) in [5.74, 6) is 0.184. The lowest BCUT2D eigenvalue weighted by molar-refractivity contribution is -0.135. The van der Waals surface area contributed by atoms with E-state index in [9.17, 15) is 4.79 Å². The number of hydrogen-bond donors (Lipinski definition) is 1. The van der Waals surface area contributed by atoms with E-state index in [0.717, 1.165) is 5.69 Å². The fourth-order valence-corrected chi connectivity index (χ4v) is 2.09. The SMILES string of the molecule is CC(C)(C)n1cc(CNCCC(=O)N2CCOCC2)nn1. The van der Waals surface area contributed by atoms with Crippen molar-refractivity contribution in [3.8, 4) is 0 Å². The summed E-state index contributed by atoms with van der Waals surface area (Å²) in [6.07, 6.45) is 2.45. The number of ether oxygens (including phenoxy) is 1. The van der Waals surface area contributed by atoms with Crippen LogP contribution in [0.3, 0.4) is 0 Å². The molecule has 0 aromatic carbocycles. The normalized spacial score (nSPS) is 16.2. The van der Waals surface area contributed by atoms with Crippen molar-refractivity contribution in [1.82, 2.24) is 25.2 Å². The Labute approximate surface area is 125 Å². The van der Waals surface area contributed by atoms with Gasteiger partial charge in [-0.1, -0.05) is 5.21 Å². The van der Waals surface area contributed by atoms with Crippen molar-refractivity contribution in [3.05, 3.63) is 11.9 Å². The van der Waals surface area contributed by atoms with E-state index >= 15 is 0 Å². The van der Waals surface area contributed by atoms with Crippen molar-refractivity contribution in [2.45, 2.75) is 39.3 Å². The van der Waals surface area contributed by atoms with Crippen molar-refractivity contribution in [1.29, 1.82) is 0 Å². The zero-order valence-electron chi connectivity index (χ0n) is 13.1. The van der Waals surface area contributed by atoms with Gasteiger partial charge in [-0.3, -0.25) is 4.79 Å². The van der Waals surface area contributed by atoms with Crippen LogP contribution >= 0.6 is 0 Å². The maximum absolute atomic E-state index is 11.9. The average Bonchev–Trinajstić information content (AvgIpc) is 2.93. The first-order valence-electron chi connectivity index (χ1n) is 7.45. The van der Waals surface area contributed by atoms with E-state index in [1.165, 1.54) is 0 Å². The first-order valence-corrected chi connectivity index (χ1v) is 7.45. The molecule has 118 valence electrons. The second-order valence-electron chi connectivity index (χ2n) is 6.25. The van der Waals surface area contributed by atoms with Crippen LogP contribution in [0.2, 0.25) is 0 Å². The van der Waals surface area contributed by atoms with E-state index in [4.69, 9.17) is 4.74 Å². The Morgan fingerprint density at radius 2 is 2.10 bits per heavy atom. The highest BCUT2D eigenvalue weighted by atomic mass is 16.5. The lowest BCUT2D eigenvalue weighted by Crippen LogP contribution is -2.41. The molecular formula is C14H25N5O2. The summed E-state index contributed by atoms with van der Waals surface area (Å²) in [5, 5.41) is 11.5. The van der Waals surface area contributed by atoms with E-state index in [2.05, 4.69) is 36.4 Å². The van der Waals surface area contributed by atoms with Crippen LogP contribution in [0.4, 0.5) is 0 Å². The largest absolute Gasteiger partial charge is 0.378 e. The zero-order valence-corrected chi connectivity index (χ0v) is 13.1. The molecule has 21 heavy (non-hydrogen) atoms. The zero-order chi connectivity index (χ0) is 15.3. The van der Waals surface area contributed by atoms with Crippen LogP contribution in [0, 0.1) is 0 Å². The summed E-state index contributed by atoms with van der Waals surface area (Å²) in [7, 11) is 0. The molecule has 1 saturated heterocycles. The first-order chi connectivity index (χ1) is 9.97.